The van der Waals surface area contributed by atoms with E-state index in [-0.39, 0.29) is 0 Å². The first-order valence-electron chi connectivity index (χ1n) is 15.0. The number of benzene rings is 1. The molecule has 0 aliphatic heterocycles. The molecular formula is C36H32N6Sn2. The Hall–Kier alpha value is -3.50. The van der Waals surface area contributed by atoms with Crippen molar-refractivity contribution >= 4 is 49.4 Å². The van der Waals surface area contributed by atoms with Crippen LogP contribution in [0, 0.1) is 0 Å². The third-order valence-corrected chi connectivity index (χ3v) is 15.2. The molecule has 6 nitrogen and oxygen atoms in total. The van der Waals surface area contributed by atoms with Gasteiger partial charge in [0.05, 0.1) is 0 Å². The number of aromatic nitrogens is 6. The van der Waals surface area contributed by atoms with Crippen molar-refractivity contribution in [1.82, 2.24) is 29.9 Å². The molecule has 0 saturated heterocycles. The molecule has 0 bridgehead atoms. The molecule has 6 rings (SSSR count). The standard InChI is InChI=1S/C30H18N6.2C3H7.2Sn/c1-2-10-21(11-3-1)30-35-28(26-16-8-14-24(33-26)22-12-4-6-18-31-22)20-29(36-30)27-17-9-15-25(34-27)23-13-5-7-19-32-23;2*1-3-2;;/h1-7,10-20H;2*1,3H2,2H3;;. The average molecular weight is 786 g/mol. The molecule has 0 aliphatic rings. The number of pyridine rings is 4. The van der Waals surface area contributed by atoms with Gasteiger partial charge in [0.15, 0.2) is 0 Å². The summed E-state index contributed by atoms with van der Waals surface area (Å²) in [5, 5.41) is 0. The van der Waals surface area contributed by atoms with Gasteiger partial charge in [0.25, 0.3) is 0 Å². The summed E-state index contributed by atoms with van der Waals surface area (Å²) in [7, 11) is 0. The topological polar surface area (TPSA) is 77.3 Å². The first-order valence-corrected chi connectivity index (χ1v) is 21.9. The third kappa shape index (κ3) is 7.58. The van der Waals surface area contributed by atoms with Crippen LogP contribution in [0.1, 0.15) is 26.7 Å². The maximum absolute atomic E-state index is 5.13. The third-order valence-electron chi connectivity index (χ3n) is 6.95. The fourth-order valence-corrected chi connectivity index (χ4v) is 10.6. The van der Waals surface area contributed by atoms with Gasteiger partial charge in [-0.15, -0.1) is 0 Å². The fraction of sp³-hybridized carbons (Fsp3) is 0.167. The molecule has 6 aromatic rings. The summed E-state index contributed by atoms with van der Waals surface area (Å²) < 4.78 is 5.33. The van der Waals surface area contributed by atoms with Crippen LogP contribution in [0.15, 0.2) is 109 Å². The predicted molar refractivity (Wildman–Crippen MR) is 181 cm³/mol. The number of rotatable bonds is 11. The summed E-state index contributed by atoms with van der Waals surface area (Å²) in [4.78, 5) is 29.7. The predicted octanol–water partition coefficient (Wildman–Crippen LogP) is 6.71. The molecule has 44 heavy (non-hydrogen) atoms. The van der Waals surface area contributed by atoms with E-state index in [1.54, 1.807) is 0 Å². The van der Waals surface area contributed by atoms with E-state index in [1.807, 2.05) is 67.0 Å². The molecular weight excluding hydrogens is 754 g/mol. The molecule has 0 unspecified atom stereocenters. The second-order valence-corrected chi connectivity index (χ2v) is 18.5. The summed E-state index contributed by atoms with van der Waals surface area (Å²) in [6, 6.07) is 33.1. The second-order valence-electron chi connectivity index (χ2n) is 10.4. The quantitative estimate of drug-likeness (QED) is 0.136. The van der Waals surface area contributed by atoms with Crippen molar-refractivity contribution in [2.24, 2.45) is 0 Å². The Bertz CT molecular complexity index is 1720. The van der Waals surface area contributed by atoms with E-state index in [1.165, 1.54) is 28.9 Å². The van der Waals surface area contributed by atoms with Crippen LogP contribution in [-0.4, -0.2) is 72.2 Å². The number of nitrogens with zero attached hydrogens (tertiary/aromatic N) is 6. The van der Waals surface area contributed by atoms with Gasteiger partial charge < -0.3 is 0 Å². The van der Waals surface area contributed by atoms with Gasteiger partial charge in [-0.2, -0.15) is 0 Å². The van der Waals surface area contributed by atoms with E-state index < -0.39 is 42.3 Å². The molecule has 5 heterocycles. The van der Waals surface area contributed by atoms with Gasteiger partial charge >= 0.3 is 281 Å². The molecule has 0 fully saturated rings. The van der Waals surface area contributed by atoms with Crippen LogP contribution in [0.2, 0.25) is 8.87 Å². The monoisotopic (exact) mass is 788 g/mol. The Morgan fingerprint density at radius 1 is 0.455 bits per heavy atom. The zero-order chi connectivity index (χ0) is 30.1. The molecule has 214 valence electrons. The van der Waals surface area contributed by atoms with Crippen LogP contribution in [0.3, 0.4) is 0 Å². The SMILES string of the molecule is CC[CH2][Sn][c]1cc(-c2ccccn2)nc(-c2cc(-c3c[c]([Sn][CH2]CC)cc(-c4ccccn4)n3)nc(-c3ccccc3)n2)c1. The first kappa shape index (κ1) is 30.5. The Labute approximate surface area is 279 Å². The molecule has 0 saturated carbocycles. The molecule has 0 spiro atoms. The molecule has 5 aromatic heterocycles. The van der Waals surface area contributed by atoms with Crippen molar-refractivity contribution in [2.75, 3.05) is 0 Å². The second kappa shape index (κ2) is 15.0. The van der Waals surface area contributed by atoms with E-state index in [9.17, 15) is 0 Å². The van der Waals surface area contributed by atoms with E-state index >= 15 is 0 Å². The van der Waals surface area contributed by atoms with Crippen molar-refractivity contribution in [3.63, 3.8) is 0 Å². The molecule has 0 amide bonds. The molecule has 0 aliphatic carbocycles. The Morgan fingerprint density at radius 2 is 0.886 bits per heavy atom. The molecule has 4 radical (unpaired) electrons. The van der Waals surface area contributed by atoms with Crippen LogP contribution >= 0.6 is 0 Å². The van der Waals surface area contributed by atoms with Gasteiger partial charge in [-0.1, -0.05) is 0 Å². The normalized spacial score (nSPS) is 11.0. The fourth-order valence-electron chi connectivity index (χ4n) is 4.78. The minimum absolute atomic E-state index is 0.665. The van der Waals surface area contributed by atoms with Gasteiger partial charge in [-0.05, 0) is 0 Å². The van der Waals surface area contributed by atoms with Crippen molar-refractivity contribution in [3.8, 4) is 56.9 Å². The van der Waals surface area contributed by atoms with Crippen LogP contribution in [-0.2, 0) is 0 Å². The Kier molecular flexibility index (Phi) is 10.4. The zero-order valence-electron chi connectivity index (χ0n) is 24.9. The Balaban J connectivity index is 1.54. The van der Waals surface area contributed by atoms with Crippen LogP contribution in [0.25, 0.3) is 56.9 Å². The van der Waals surface area contributed by atoms with Crippen molar-refractivity contribution < 1.29 is 0 Å². The zero-order valence-corrected chi connectivity index (χ0v) is 30.6. The summed E-state index contributed by atoms with van der Waals surface area (Å²) in [6.07, 6.45) is 6.04. The summed E-state index contributed by atoms with van der Waals surface area (Å²) in [5.74, 6) is 0.665. The Morgan fingerprint density at radius 3 is 1.32 bits per heavy atom. The molecule has 8 heteroatoms. The van der Waals surface area contributed by atoms with Gasteiger partial charge in [0, 0.05) is 0 Å². The number of hydrogen-bond acceptors (Lipinski definition) is 6. The van der Waals surface area contributed by atoms with Crippen LogP contribution in [0.4, 0.5) is 0 Å². The van der Waals surface area contributed by atoms with Gasteiger partial charge in [-0.25, -0.2) is 0 Å². The van der Waals surface area contributed by atoms with Crippen LogP contribution < -0.4 is 7.16 Å². The van der Waals surface area contributed by atoms with Crippen LogP contribution in [0.5, 0.6) is 0 Å². The van der Waals surface area contributed by atoms with Gasteiger partial charge in [0.1, 0.15) is 0 Å². The van der Waals surface area contributed by atoms with E-state index in [2.05, 4.69) is 66.3 Å². The van der Waals surface area contributed by atoms with Crippen molar-refractivity contribution in [3.05, 3.63) is 109 Å². The summed E-state index contributed by atoms with van der Waals surface area (Å²) in [6.45, 7) is 4.52. The summed E-state index contributed by atoms with van der Waals surface area (Å²) >= 11 is -1.56. The molecule has 0 atom stereocenters. The summed E-state index contributed by atoms with van der Waals surface area (Å²) in [5.41, 5.74) is 7.78. The number of hydrogen-bond donors (Lipinski definition) is 0. The minimum atomic E-state index is -0.778. The molecule has 1 aromatic carbocycles. The molecule has 0 N–H and O–H groups in total. The first-order chi connectivity index (χ1) is 21.7. The van der Waals surface area contributed by atoms with Gasteiger partial charge in [0.2, 0.25) is 0 Å². The average Bonchev–Trinajstić information content (AvgIpc) is 3.10. The van der Waals surface area contributed by atoms with E-state index in [0.29, 0.717) is 5.82 Å². The van der Waals surface area contributed by atoms with Crippen molar-refractivity contribution in [1.29, 1.82) is 0 Å². The van der Waals surface area contributed by atoms with Gasteiger partial charge in [-0.3, -0.25) is 0 Å². The van der Waals surface area contributed by atoms with Crippen molar-refractivity contribution in [2.45, 2.75) is 35.6 Å². The maximum atomic E-state index is 5.13. The van der Waals surface area contributed by atoms with E-state index in [0.717, 1.165) is 51.1 Å². The van der Waals surface area contributed by atoms with E-state index in [4.69, 9.17) is 19.9 Å².